The molecule has 5 atom stereocenters. The number of Topliss-reactive ketones (excluding diaryl/α,β-unsaturated/α-hetero) is 3. The molecule has 4 aromatic carbocycles. The van der Waals surface area contributed by atoms with E-state index in [-0.39, 0.29) is 12.4 Å². The summed E-state index contributed by atoms with van der Waals surface area (Å²) in [7, 11) is 0. The predicted molar refractivity (Wildman–Crippen MR) is 179 cm³/mol. The van der Waals surface area contributed by atoms with E-state index < -0.39 is 41.0 Å². The second-order valence-electron chi connectivity index (χ2n) is 10.4. The van der Waals surface area contributed by atoms with E-state index in [1.54, 1.807) is 104 Å². The highest BCUT2D eigenvalue weighted by molar-refractivity contribution is 9.11. The van der Waals surface area contributed by atoms with Crippen LogP contribution in [0.1, 0.15) is 43.6 Å². The van der Waals surface area contributed by atoms with Gasteiger partial charge in [-0.25, -0.2) is 0 Å². The van der Waals surface area contributed by atoms with Crippen molar-refractivity contribution in [1.29, 1.82) is 0 Å². The molecule has 1 fully saturated rings. The zero-order chi connectivity index (χ0) is 30.9. The molecule has 5 rings (SSSR count). The minimum Gasteiger partial charge on any atom is -0.382 e. The van der Waals surface area contributed by atoms with Crippen molar-refractivity contribution in [1.82, 2.24) is 0 Å². The van der Waals surface area contributed by atoms with E-state index in [2.05, 4.69) is 63.7 Å². The zero-order valence-electron chi connectivity index (χ0n) is 22.8. The van der Waals surface area contributed by atoms with Crippen molar-refractivity contribution < 1.29 is 24.2 Å². The number of hydrogen-bond donors (Lipinski definition) is 1. The average molecular weight is 834 g/mol. The quantitative estimate of drug-likeness (QED) is 0.171. The van der Waals surface area contributed by atoms with Crippen molar-refractivity contribution in [2.24, 2.45) is 17.8 Å². The number of ether oxygens (including phenoxy) is 1. The average Bonchev–Trinajstić information content (AvgIpc) is 3.26. The number of aliphatic hydroxyl groups is 1. The summed E-state index contributed by atoms with van der Waals surface area (Å²) in [6.07, 6.45) is -1.20. The van der Waals surface area contributed by atoms with E-state index in [1.165, 1.54) is 0 Å². The third kappa shape index (κ3) is 6.30. The molecule has 0 aliphatic heterocycles. The maximum atomic E-state index is 14.6. The van der Waals surface area contributed by atoms with Gasteiger partial charge in [-0.1, -0.05) is 112 Å². The van der Waals surface area contributed by atoms with E-state index in [9.17, 15) is 19.5 Å². The fourth-order valence-corrected chi connectivity index (χ4v) is 7.03. The fourth-order valence-electron chi connectivity index (χ4n) is 5.98. The smallest absolute Gasteiger partial charge is 0.170 e. The Kier molecular flexibility index (Phi) is 10.0. The lowest BCUT2D eigenvalue weighted by Gasteiger charge is -2.36. The van der Waals surface area contributed by atoms with Gasteiger partial charge < -0.3 is 9.84 Å². The third-order valence-electron chi connectivity index (χ3n) is 7.91. The van der Waals surface area contributed by atoms with Gasteiger partial charge in [0.15, 0.2) is 17.3 Å². The molecule has 4 aromatic rings. The fraction of sp³-hybridized carbons (Fsp3) is 0.206. The Morgan fingerprint density at radius 1 is 0.605 bits per heavy atom. The Morgan fingerprint density at radius 3 is 1.35 bits per heavy atom. The number of ketones is 3. The lowest BCUT2D eigenvalue weighted by molar-refractivity contribution is -0.115. The first-order valence-corrected chi connectivity index (χ1v) is 16.7. The van der Waals surface area contributed by atoms with Crippen molar-refractivity contribution in [3.8, 4) is 0 Å². The Labute approximate surface area is 283 Å². The Balaban J connectivity index is 1.79. The van der Waals surface area contributed by atoms with Crippen LogP contribution in [0, 0.1) is 17.8 Å². The number of hydrogen-bond acceptors (Lipinski definition) is 5. The minimum atomic E-state index is -2.02. The van der Waals surface area contributed by atoms with Crippen LogP contribution >= 0.6 is 63.7 Å². The van der Waals surface area contributed by atoms with Gasteiger partial charge in [-0.15, -0.1) is 0 Å². The molecule has 1 aliphatic rings. The zero-order valence-corrected chi connectivity index (χ0v) is 29.2. The van der Waals surface area contributed by atoms with Crippen molar-refractivity contribution in [2.45, 2.75) is 18.6 Å². The molecule has 0 unspecified atom stereocenters. The van der Waals surface area contributed by atoms with E-state index in [4.69, 9.17) is 4.74 Å². The lowest BCUT2D eigenvalue weighted by atomic mass is 9.73. The normalized spacial score (nSPS) is 23.2. The topological polar surface area (TPSA) is 80.7 Å². The summed E-state index contributed by atoms with van der Waals surface area (Å²) >= 11 is 13.7. The molecule has 1 N–H and O–H groups in total. The van der Waals surface area contributed by atoms with Crippen LogP contribution in [-0.2, 0) is 10.3 Å². The Morgan fingerprint density at radius 2 is 0.953 bits per heavy atom. The summed E-state index contributed by atoms with van der Waals surface area (Å²) in [5.41, 5.74) is -0.660. The number of rotatable bonds is 9. The van der Waals surface area contributed by atoms with Gasteiger partial charge in [-0.3, -0.25) is 14.4 Å². The standard InChI is InChI=1S/C34H26Br4O5/c1-2-43-33-28(31(40)20-5-13-24(36)14-6-20)27(30(39)19-3-11-23(35)12-4-19)29(32(41)21-7-15-25(37)16-8-21)34(33,42)22-9-17-26(38)18-10-22/h3-18,27-29,33,42H,2H2,1H3/t27-,28+,29-,33-,34+/m1/s1. The number of halogens is 4. The van der Waals surface area contributed by atoms with Gasteiger partial charge in [-0.2, -0.15) is 0 Å². The lowest BCUT2D eigenvalue weighted by Crippen LogP contribution is -2.47. The van der Waals surface area contributed by atoms with Crippen LogP contribution in [0.25, 0.3) is 0 Å². The second kappa shape index (κ2) is 13.4. The summed E-state index contributed by atoms with van der Waals surface area (Å²) in [5, 5.41) is 12.9. The number of benzene rings is 4. The maximum Gasteiger partial charge on any atom is 0.170 e. The van der Waals surface area contributed by atoms with E-state index in [1.807, 2.05) is 0 Å². The van der Waals surface area contributed by atoms with Gasteiger partial charge in [0.1, 0.15) is 11.7 Å². The highest BCUT2D eigenvalue weighted by Gasteiger charge is 2.67. The molecule has 1 saturated carbocycles. The molecule has 0 radical (unpaired) electrons. The van der Waals surface area contributed by atoms with Crippen LogP contribution in [0.4, 0.5) is 0 Å². The van der Waals surface area contributed by atoms with Crippen LogP contribution in [0.2, 0.25) is 0 Å². The van der Waals surface area contributed by atoms with Crippen LogP contribution in [0.3, 0.4) is 0 Å². The Bertz CT molecular complexity index is 1640. The van der Waals surface area contributed by atoms with Gasteiger partial charge in [0.25, 0.3) is 0 Å². The van der Waals surface area contributed by atoms with Gasteiger partial charge in [0.05, 0.1) is 11.8 Å². The first kappa shape index (κ1) is 32.1. The summed E-state index contributed by atoms with van der Waals surface area (Å²) < 4.78 is 9.35. The molecule has 0 amide bonds. The SMILES string of the molecule is CCO[C@@H]1[C@H](C(=O)c2ccc(Br)cc2)[C@@H](C(=O)c2ccc(Br)cc2)[C@H](C(=O)c2ccc(Br)cc2)[C@@]1(O)c1ccc(Br)cc1. The summed E-state index contributed by atoms with van der Waals surface area (Å²) in [6, 6.07) is 27.3. The van der Waals surface area contributed by atoms with Crippen LogP contribution < -0.4 is 0 Å². The van der Waals surface area contributed by atoms with Crippen LogP contribution in [0.5, 0.6) is 0 Å². The maximum absolute atomic E-state index is 14.6. The molecular weight excluding hydrogens is 808 g/mol. The first-order chi connectivity index (χ1) is 20.6. The number of carbonyl (C=O) groups excluding carboxylic acids is 3. The molecule has 43 heavy (non-hydrogen) atoms. The van der Waals surface area contributed by atoms with Gasteiger partial charge in [0.2, 0.25) is 0 Å². The largest absolute Gasteiger partial charge is 0.382 e. The van der Waals surface area contributed by atoms with Crippen molar-refractivity contribution >= 4 is 81.1 Å². The molecule has 5 nitrogen and oxygen atoms in total. The summed E-state index contributed by atoms with van der Waals surface area (Å²) in [5.74, 6) is -5.01. The highest BCUT2D eigenvalue weighted by atomic mass is 79.9. The Hall–Kier alpha value is -2.27. The van der Waals surface area contributed by atoms with Gasteiger partial charge in [0, 0.05) is 47.1 Å². The van der Waals surface area contributed by atoms with Crippen LogP contribution in [0.15, 0.2) is 115 Å². The van der Waals surface area contributed by atoms with Crippen molar-refractivity contribution in [3.63, 3.8) is 0 Å². The summed E-state index contributed by atoms with van der Waals surface area (Å²) in [4.78, 5) is 43.6. The molecule has 0 bridgehead atoms. The highest BCUT2D eigenvalue weighted by Crippen LogP contribution is 2.55. The van der Waals surface area contributed by atoms with Crippen molar-refractivity contribution in [3.05, 3.63) is 137 Å². The molecule has 0 heterocycles. The molecule has 0 spiro atoms. The monoisotopic (exact) mass is 830 g/mol. The van der Waals surface area contributed by atoms with Crippen molar-refractivity contribution in [2.75, 3.05) is 6.61 Å². The van der Waals surface area contributed by atoms with Gasteiger partial charge >= 0.3 is 0 Å². The molecule has 0 saturated heterocycles. The molecular formula is C34H26Br4O5. The van der Waals surface area contributed by atoms with E-state index in [0.717, 1.165) is 17.9 Å². The predicted octanol–water partition coefficient (Wildman–Crippen LogP) is 8.84. The minimum absolute atomic E-state index is 0.145. The third-order valence-corrected chi connectivity index (χ3v) is 10.0. The number of carbonyl (C=O) groups is 3. The molecule has 0 aromatic heterocycles. The van der Waals surface area contributed by atoms with E-state index in [0.29, 0.717) is 22.3 Å². The summed E-state index contributed by atoms with van der Waals surface area (Å²) in [6.45, 7) is 1.91. The molecule has 1 aliphatic carbocycles. The second-order valence-corrected chi connectivity index (χ2v) is 14.0. The first-order valence-electron chi connectivity index (χ1n) is 13.6. The van der Waals surface area contributed by atoms with Gasteiger partial charge in [-0.05, 0) is 61.0 Å². The van der Waals surface area contributed by atoms with E-state index >= 15 is 0 Å². The molecule has 9 heteroatoms. The van der Waals surface area contributed by atoms with Crippen LogP contribution in [-0.4, -0.2) is 35.2 Å². The molecule has 220 valence electrons.